The van der Waals surface area contributed by atoms with Gasteiger partial charge in [0.2, 0.25) is 0 Å². The fourth-order valence-electron chi connectivity index (χ4n) is 10.3. The van der Waals surface area contributed by atoms with Crippen LogP contribution in [0.4, 0.5) is 34.1 Å². The van der Waals surface area contributed by atoms with Gasteiger partial charge in [-0.2, -0.15) is 0 Å². The molecule has 0 radical (unpaired) electrons. The van der Waals surface area contributed by atoms with Crippen molar-refractivity contribution in [2.45, 2.75) is 0 Å². The summed E-state index contributed by atoms with van der Waals surface area (Å²) in [5, 5.41) is 7.46. The number of hydrogen-bond acceptors (Lipinski definition) is 2. The lowest BCUT2D eigenvalue weighted by Crippen LogP contribution is -2.61. The van der Waals surface area contributed by atoms with Crippen LogP contribution in [0, 0.1) is 0 Å². The third kappa shape index (κ3) is 4.85. The van der Waals surface area contributed by atoms with Crippen LogP contribution in [0.5, 0.6) is 0 Å². The van der Waals surface area contributed by atoms with Gasteiger partial charge in [0.1, 0.15) is 0 Å². The first-order valence-corrected chi connectivity index (χ1v) is 20.8. The molecule has 0 unspecified atom stereocenters. The monoisotopic (exact) mass is 761 g/mol. The molecule has 13 rings (SSSR count). The Morgan fingerprint density at radius 3 is 1.30 bits per heavy atom. The number of para-hydroxylation sites is 4. The van der Waals surface area contributed by atoms with Crippen molar-refractivity contribution >= 4 is 101 Å². The van der Waals surface area contributed by atoms with E-state index in [0.29, 0.717) is 0 Å². The van der Waals surface area contributed by atoms with Crippen molar-refractivity contribution in [3.63, 3.8) is 0 Å². The maximum absolute atomic E-state index is 2.52. The van der Waals surface area contributed by atoms with Gasteiger partial charge in [-0.15, -0.1) is 0 Å². The highest BCUT2D eigenvalue weighted by Gasteiger charge is 2.44. The van der Waals surface area contributed by atoms with Gasteiger partial charge in [0.25, 0.3) is 6.71 Å². The minimum Gasteiger partial charge on any atom is -0.311 e. The second kappa shape index (κ2) is 12.8. The zero-order valence-electron chi connectivity index (χ0n) is 32.7. The van der Waals surface area contributed by atoms with Crippen LogP contribution in [0.1, 0.15) is 0 Å². The molecule has 0 saturated carbocycles. The summed E-state index contributed by atoms with van der Waals surface area (Å²) >= 11 is 0. The Morgan fingerprint density at radius 1 is 0.300 bits per heavy atom. The maximum atomic E-state index is 2.52. The highest BCUT2D eigenvalue weighted by atomic mass is 15.2. The SMILES string of the molecule is c1ccc(N2c3cc4ccccc4cc3B3c4cc5ccccc5cc4N(c4ccccc4)c4cc(-c5ccc6c(c5)c5ccccc5n6-c5ccccc5)cc2c43)cc1. The first-order chi connectivity index (χ1) is 29.8. The van der Waals surface area contributed by atoms with Gasteiger partial charge >= 0.3 is 0 Å². The van der Waals surface area contributed by atoms with Gasteiger partial charge in [-0.05, 0) is 128 Å². The summed E-state index contributed by atoms with van der Waals surface area (Å²) in [4.78, 5) is 5.05. The van der Waals surface area contributed by atoms with Gasteiger partial charge in [-0.25, -0.2) is 0 Å². The van der Waals surface area contributed by atoms with Gasteiger partial charge < -0.3 is 14.4 Å². The van der Waals surface area contributed by atoms with Gasteiger partial charge in [-0.1, -0.05) is 140 Å². The van der Waals surface area contributed by atoms with Crippen molar-refractivity contribution in [2.24, 2.45) is 0 Å². The first kappa shape index (κ1) is 33.2. The topological polar surface area (TPSA) is 11.4 Å². The summed E-state index contributed by atoms with van der Waals surface area (Å²) < 4.78 is 2.40. The molecule has 0 saturated heterocycles. The summed E-state index contributed by atoms with van der Waals surface area (Å²) in [5.74, 6) is 0. The van der Waals surface area contributed by atoms with Crippen LogP contribution < -0.4 is 26.2 Å². The quantitative estimate of drug-likeness (QED) is 0.166. The molecule has 0 atom stereocenters. The number of nitrogens with zero attached hydrogens (tertiary/aromatic N) is 3. The predicted octanol–water partition coefficient (Wildman–Crippen LogP) is 12.8. The molecule has 1 aromatic heterocycles. The molecule has 2 aliphatic rings. The molecule has 0 fully saturated rings. The minimum absolute atomic E-state index is 0.00881. The standard InChI is InChI=1S/C56H36BN3/c1-4-20-43(21-5-1)58-50-27-15-14-26-46(50)47-30-41(28-29-51(47)58)42-35-54-56-55(36-42)60(45-24-8-3-9-25-45)53-34-40-19-13-11-17-38(40)32-49(53)57(56)48-31-37-16-10-12-18-39(37)33-52(48)59(54)44-22-6-2-7-23-44/h1-36H. The van der Waals surface area contributed by atoms with E-state index in [9.17, 15) is 0 Å². The zero-order chi connectivity index (χ0) is 39.3. The Kier molecular flexibility index (Phi) is 7.10. The molecule has 11 aromatic rings. The summed E-state index contributed by atoms with van der Waals surface area (Å²) in [7, 11) is 0. The highest BCUT2D eigenvalue weighted by Crippen LogP contribution is 2.47. The molecule has 0 amide bonds. The molecule has 10 aromatic carbocycles. The van der Waals surface area contributed by atoms with Crippen LogP contribution in [0.2, 0.25) is 0 Å². The first-order valence-electron chi connectivity index (χ1n) is 20.8. The van der Waals surface area contributed by atoms with Crippen molar-refractivity contribution < 1.29 is 0 Å². The molecular formula is C56H36BN3. The Balaban J connectivity index is 1.15. The Morgan fingerprint density at radius 2 is 0.750 bits per heavy atom. The van der Waals surface area contributed by atoms with Crippen LogP contribution in [0.3, 0.4) is 0 Å². The van der Waals surface area contributed by atoms with E-state index in [-0.39, 0.29) is 6.71 Å². The van der Waals surface area contributed by atoms with Gasteiger partial charge in [0.05, 0.1) is 11.0 Å². The van der Waals surface area contributed by atoms with E-state index in [1.807, 2.05) is 0 Å². The van der Waals surface area contributed by atoms with Crippen molar-refractivity contribution in [2.75, 3.05) is 9.80 Å². The summed E-state index contributed by atoms with van der Waals surface area (Å²) in [6, 6.07) is 80.8. The van der Waals surface area contributed by atoms with Crippen LogP contribution in [-0.4, -0.2) is 11.3 Å². The van der Waals surface area contributed by atoms with Gasteiger partial charge in [0, 0.05) is 50.6 Å². The Bertz CT molecular complexity index is 3350. The lowest BCUT2D eigenvalue weighted by Gasteiger charge is -2.44. The van der Waals surface area contributed by atoms with Gasteiger partial charge in [-0.3, -0.25) is 0 Å². The molecular weight excluding hydrogens is 725 g/mol. The third-order valence-corrected chi connectivity index (χ3v) is 12.8. The van der Waals surface area contributed by atoms with E-state index in [1.54, 1.807) is 0 Å². The second-order valence-corrected chi connectivity index (χ2v) is 16.1. The Hall–Kier alpha value is -7.82. The predicted molar refractivity (Wildman–Crippen MR) is 255 cm³/mol. The summed E-state index contributed by atoms with van der Waals surface area (Å²) in [5.41, 5.74) is 17.0. The van der Waals surface area contributed by atoms with E-state index >= 15 is 0 Å². The van der Waals surface area contributed by atoms with Crippen molar-refractivity contribution in [3.05, 3.63) is 218 Å². The molecule has 0 aliphatic carbocycles. The minimum atomic E-state index is 0.00881. The number of benzene rings is 10. The smallest absolute Gasteiger partial charge is 0.252 e. The van der Waals surface area contributed by atoms with Crippen molar-refractivity contribution in [3.8, 4) is 16.8 Å². The highest BCUT2D eigenvalue weighted by molar-refractivity contribution is 7.00. The average molecular weight is 762 g/mol. The van der Waals surface area contributed by atoms with E-state index in [2.05, 4.69) is 233 Å². The number of aromatic nitrogens is 1. The molecule has 3 nitrogen and oxygen atoms in total. The second-order valence-electron chi connectivity index (χ2n) is 16.1. The maximum Gasteiger partial charge on any atom is 0.252 e. The summed E-state index contributed by atoms with van der Waals surface area (Å²) in [6.07, 6.45) is 0. The average Bonchev–Trinajstić information content (AvgIpc) is 3.64. The van der Waals surface area contributed by atoms with Crippen molar-refractivity contribution in [1.29, 1.82) is 0 Å². The van der Waals surface area contributed by atoms with E-state index in [0.717, 1.165) is 17.1 Å². The van der Waals surface area contributed by atoms with Gasteiger partial charge in [0.15, 0.2) is 0 Å². The van der Waals surface area contributed by atoms with Crippen LogP contribution >= 0.6 is 0 Å². The number of anilines is 6. The molecule has 2 aliphatic heterocycles. The molecule has 60 heavy (non-hydrogen) atoms. The molecule has 0 spiro atoms. The lowest BCUT2D eigenvalue weighted by molar-refractivity contribution is 1.18. The number of fused-ring (bicyclic) bond motifs is 9. The Labute approximate surface area is 348 Å². The van der Waals surface area contributed by atoms with E-state index < -0.39 is 0 Å². The van der Waals surface area contributed by atoms with E-state index in [1.165, 1.54) is 93.6 Å². The summed E-state index contributed by atoms with van der Waals surface area (Å²) in [6.45, 7) is 0.00881. The number of rotatable bonds is 4. The lowest BCUT2D eigenvalue weighted by atomic mass is 9.33. The molecule has 3 heterocycles. The normalized spacial score (nSPS) is 12.9. The largest absolute Gasteiger partial charge is 0.311 e. The van der Waals surface area contributed by atoms with Crippen LogP contribution in [-0.2, 0) is 0 Å². The van der Waals surface area contributed by atoms with Crippen molar-refractivity contribution in [1.82, 2.24) is 4.57 Å². The third-order valence-electron chi connectivity index (χ3n) is 12.8. The molecule has 278 valence electrons. The molecule has 0 bridgehead atoms. The zero-order valence-corrected chi connectivity index (χ0v) is 32.7. The van der Waals surface area contributed by atoms with Crippen LogP contribution in [0.15, 0.2) is 218 Å². The molecule has 0 N–H and O–H groups in total. The fraction of sp³-hybridized carbons (Fsp3) is 0. The fourth-order valence-corrected chi connectivity index (χ4v) is 10.3. The number of hydrogen-bond donors (Lipinski definition) is 0. The van der Waals surface area contributed by atoms with Crippen LogP contribution in [0.25, 0.3) is 60.2 Å². The molecule has 4 heteroatoms. The van der Waals surface area contributed by atoms with E-state index in [4.69, 9.17) is 0 Å².